The van der Waals surface area contributed by atoms with Crippen molar-refractivity contribution >= 4 is 33.0 Å². The van der Waals surface area contributed by atoms with Crippen molar-refractivity contribution in [2.75, 3.05) is 44.1 Å². The summed E-state index contributed by atoms with van der Waals surface area (Å²) in [5, 5.41) is 0.667. The molecule has 0 spiro atoms. The third-order valence-corrected chi connectivity index (χ3v) is 6.55. The van der Waals surface area contributed by atoms with Gasteiger partial charge in [0.1, 0.15) is 9.84 Å². The second kappa shape index (κ2) is 6.47. The summed E-state index contributed by atoms with van der Waals surface area (Å²) in [5.41, 5.74) is 2.05. The monoisotopic (exact) mass is 384 g/mol. The molecule has 2 aliphatic rings. The molecule has 1 aliphatic carbocycles. The summed E-state index contributed by atoms with van der Waals surface area (Å²) in [5.74, 6) is 0.424. The molecule has 25 heavy (non-hydrogen) atoms. The molecule has 1 amide bonds. The van der Waals surface area contributed by atoms with Gasteiger partial charge in [-0.25, -0.2) is 8.42 Å². The number of fused-ring (bicyclic) bond motifs is 1. The van der Waals surface area contributed by atoms with E-state index in [-0.39, 0.29) is 23.0 Å². The molecule has 0 N–H and O–H groups in total. The summed E-state index contributed by atoms with van der Waals surface area (Å²) in [4.78, 5) is 16.0. The number of hydrogen-bond acceptors (Lipinski definition) is 4. The second-order valence-electron chi connectivity index (χ2n) is 7.84. The smallest absolute Gasteiger partial charge is 0.222 e. The van der Waals surface area contributed by atoms with E-state index in [4.69, 9.17) is 11.6 Å². The Labute approximate surface area is 154 Å². The molecular formula is C18H25ClN2O3S. The molecule has 1 aromatic rings. The van der Waals surface area contributed by atoms with E-state index in [1.54, 1.807) is 19.0 Å². The highest BCUT2D eigenvalue weighted by atomic mass is 35.5. The third kappa shape index (κ3) is 4.29. The maximum absolute atomic E-state index is 12.2. The Morgan fingerprint density at radius 3 is 2.60 bits per heavy atom. The SMILES string of the molecule is CN(C)C(=O)CC1CN(CC2(CS(C)(=O)=O)CC2)c2ccc(Cl)cc21. The molecule has 7 heteroatoms. The number of halogens is 1. The van der Waals surface area contributed by atoms with Crippen LogP contribution in [0.15, 0.2) is 18.2 Å². The fourth-order valence-corrected chi connectivity index (χ4v) is 5.48. The molecule has 1 aromatic carbocycles. The summed E-state index contributed by atoms with van der Waals surface area (Å²) in [6.07, 6.45) is 3.64. The molecule has 0 saturated heterocycles. The first-order valence-electron chi connectivity index (χ1n) is 8.51. The summed E-state index contributed by atoms with van der Waals surface area (Å²) >= 11 is 6.17. The van der Waals surface area contributed by atoms with E-state index in [9.17, 15) is 13.2 Å². The Kier molecular flexibility index (Phi) is 4.79. The Hall–Kier alpha value is -1.27. The lowest BCUT2D eigenvalue weighted by molar-refractivity contribution is -0.129. The predicted molar refractivity (Wildman–Crippen MR) is 101 cm³/mol. The minimum atomic E-state index is -3.00. The van der Waals surface area contributed by atoms with Gasteiger partial charge in [0.2, 0.25) is 5.91 Å². The summed E-state index contributed by atoms with van der Waals surface area (Å²) < 4.78 is 23.5. The second-order valence-corrected chi connectivity index (χ2v) is 10.4. The van der Waals surface area contributed by atoms with Gasteiger partial charge in [-0.05, 0) is 36.6 Å². The van der Waals surface area contributed by atoms with Gasteiger partial charge in [-0.2, -0.15) is 0 Å². The molecule has 3 rings (SSSR count). The average molecular weight is 385 g/mol. The average Bonchev–Trinajstić information content (AvgIpc) is 3.14. The maximum atomic E-state index is 12.2. The van der Waals surface area contributed by atoms with Gasteiger partial charge in [-0.1, -0.05) is 11.6 Å². The zero-order valence-corrected chi connectivity index (χ0v) is 16.5. The van der Waals surface area contributed by atoms with Crippen LogP contribution in [-0.4, -0.2) is 58.4 Å². The number of rotatable bonds is 6. The molecule has 138 valence electrons. The highest BCUT2D eigenvalue weighted by Gasteiger charge is 2.47. The molecule has 5 nitrogen and oxygen atoms in total. The van der Waals surface area contributed by atoms with E-state index < -0.39 is 9.84 Å². The van der Waals surface area contributed by atoms with Crippen molar-refractivity contribution in [2.24, 2.45) is 5.41 Å². The van der Waals surface area contributed by atoms with Crippen molar-refractivity contribution in [3.05, 3.63) is 28.8 Å². The Bertz CT molecular complexity index is 788. The normalized spacial score (nSPS) is 21.1. The Morgan fingerprint density at radius 2 is 2.04 bits per heavy atom. The van der Waals surface area contributed by atoms with Crippen molar-refractivity contribution < 1.29 is 13.2 Å². The number of carbonyl (C=O) groups is 1. The Balaban J connectivity index is 1.82. The van der Waals surface area contributed by atoms with Gasteiger partial charge in [-0.15, -0.1) is 0 Å². The van der Waals surface area contributed by atoms with Crippen molar-refractivity contribution in [1.29, 1.82) is 0 Å². The number of hydrogen-bond donors (Lipinski definition) is 0. The van der Waals surface area contributed by atoms with Gasteiger partial charge in [0.15, 0.2) is 0 Å². The maximum Gasteiger partial charge on any atom is 0.222 e. The Morgan fingerprint density at radius 1 is 1.36 bits per heavy atom. The van der Waals surface area contributed by atoms with Gasteiger partial charge in [0, 0.05) is 61.9 Å². The summed E-state index contributed by atoms with van der Waals surface area (Å²) in [7, 11) is 0.529. The highest BCUT2D eigenvalue weighted by molar-refractivity contribution is 7.90. The molecule has 0 aromatic heterocycles. The van der Waals surface area contributed by atoms with Crippen LogP contribution in [0, 0.1) is 5.41 Å². The molecule has 0 radical (unpaired) electrons. The quantitative estimate of drug-likeness (QED) is 0.756. The standard InChI is InChI=1S/C18H25ClN2O3S/c1-20(2)17(22)8-13-10-21(16-5-4-14(19)9-15(13)16)11-18(6-7-18)12-25(3,23)24/h4-5,9,13H,6-8,10-12H2,1-3H3. The first kappa shape index (κ1) is 18.5. The molecule has 1 fully saturated rings. The number of amides is 1. The van der Waals surface area contributed by atoms with E-state index in [1.807, 2.05) is 18.2 Å². The van der Waals surface area contributed by atoms with Crippen molar-refractivity contribution in [1.82, 2.24) is 4.90 Å². The number of carbonyl (C=O) groups excluding carboxylic acids is 1. The van der Waals surface area contributed by atoms with Crippen LogP contribution in [0.2, 0.25) is 5.02 Å². The lowest BCUT2D eigenvalue weighted by Crippen LogP contribution is -2.34. The van der Waals surface area contributed by atoms with E-state index in [0.717, 1.165) is 37.2 Å². The number of anilines is 1. The van der Waals surface area contributed by atoms with Gasteiger partial charge < -0.3 is 9.80 Å². The highest BCUT2D eigenvalue weighted by Crippen LogP contribution is 2.50. The zero-order chi connectivity index (χ0) is 18.4. The van der Waals surface area contributed by atoms with Crippen LogP contribution in [0.1, 0.15) is 30.7 Å². The first-order chi connectivity index (χ1) is 11.6. The molecule has 1 saturated carbocycles. The fourth-order valence-electron chi connectivity index (χ4n) is 3.81. The number of nitrogens with zero attached hydrogens (tertiary/aromatic N) is 2. The molecular weight excluding hydrogens is 360 g/mol. The van der Waals surface area contributed by atoms with Gasteiger partial charge in [0.25, 0.3) is 0 Å². The topological polar surface area (TPSA) is 57.7 Å². The predicted octanol–water partition coefficient (Wildman–Crippen LogP) is 2.55. The summed E-state index contributed by atoms with van der Waals surface area (Å²) in [6.45, 7) is 1.46. The lowest BCUT2D eigenvalue weighted by Gasteiger charge is -2.26. The van der Waals surface area contributed by atoms with Crippen molar-refractivity contribution in [2.45, 2.75) is 25.2 Å². The largest absolute Gasteiger partial charge is 0.370 e. The van der Waals surface area contributed by atoms with Crippen molar-refractivity contribution in [3.8, 4) is 0 Å². The fraction of sp³-hybridized carbons (Fsp3) is 0.611. The van der Waals surface area contributed by atoms with Crippen LogP contribution >= 0.6 is 11.6 Å². The van der Waals surface area contributed by atoms with E-state index >= 15 is 0 Å². The van der Waals surface area contributed by atoms with Crippen LogP contribution < -0.4 is 4.90 Å². The van der Waals surface area contributed by atoms with Crippen LogP contribution in [0.5, 0.6) is 0 Å². The summed E-state index contributed by atoms with van der Waals surface area (Å²) in [6, 6.07) is 5.80. The van der Waals surface area contributed by atoms with Gasteiger partial charge in [-0.3, -0.25) is 4.79 Å². The molecule has 1 atom stereocenters. The number of benzene rings is 1. The molecule has 0 bridgehead atoms. The molecule has 1 aliphatic heterocycles. The van der Waals surface area contributed by atoms with E-state index in [1.165, 1.54) is 6.26 Å². The zero-order valence-electron chi connectivity index (χ0n) is 15.0. The molecule has 1 heterocycles. The van der Waals surface area contributed by atoms with Gasteiger partial charge in [0.05, 0.1) is 5.75 Å². The third-order valence-electron chi connectivity index (χ3n) is 5.18. The minimum absolute atomic E-state index is 0.0926. The van der Waals surface area contributed by atoms with Crippen LogP contribution in [-0.2, 0) is 14.6 Å². The van der Waals surface area contributed by atoms with Crippen LogP contribution in [0.25, 0.3) is 0 Å². The van der Waals surface area contributed by atoms with E-state index in [2.05, 4.69) is 4.90 Å². The van der Waals surface area contributed by atoms with Gasteiger partial charge >= 0.3 is 0 Å². The van der Waals surface area contributed by atoms with Crippen LogP contribution in [0.4, 0.5) is 5.69 Å². The van der Waals surface area contributed by atoms with E-state index in [0.29, 0.717) is 11.4 Å². The molecule has 1 unspecified atom stereocenters. The first-order valence-corrected chi connectivity index (χ1v) is 10.9. The van der Waals surface area contributed by atoms with Crippen LogP contribution in [0.3, 0.4) is 0 Å². The lowest BCUT2D eigenvalue weighted by atomic mass is 9.97. The minimum Gasteiger partial charge on any atom is -0.370 e. The number of sulfone groups is 1. The van der Waals surface area contributed by atoms with Crippen molar-refractivity contribution in [3.63, 3.8) is 0 Å².